The Kier molecular flexibility index (Phi) is 3.53. The van der Waals surface area contributed by atoms with Crippen molar-refractivity contribution in [2.24, 2.45) is 10.6 Å². The molecule has 0 amide bonds. The van der Waals surface area contributed by atoms with Gasteiger partial charge in [0.2, 0.25) is 0 Å². The van der Waals surface area contributed by atoms with E-state index in [9.17, 15) is 14.6 Å². The molecular formula is C7H12N4O4. The van der Waals surface area contributed by atoms with Crippen LogP contribution in [-0.4, -0.2) is 48.3 Å². The zero-order chi connectivity index (χ0) is 11.4. The summed E-state index contributed by atoms with van der Waals surface area (Å²) in [7, 11) is 1.21. The molecule has 1 fully saturated rings. The molecule has 1 rings (SSSR count). The highest BCUT2D eigenvalue weighted by Gasteiger charge is 2.37. The quantitative estimate of drug-likeness (QED) is 0.483. The van der Waals surface area contributed by atoms with Crippen LogP contribution in [-0.2, 0) is 9.53 Å². The van der Waals surface area contributed by atoms with Crippen LogP contribution in [0.15, 0.2) is 10.6 Å². The maximum Gasteiger partial charge on any atom is 0.332 e. The molecule has 0 aliphatic carbocycles. The van der Waals surface area contributed by atoms with E-state index in [0.29, 0.717) is 0 Å². The van der Waals surface area contributed by atoms with Gasteiger partial charge in [-0.3, -0.25) is 5.01 Å². The standard InChI is InChI=1S/C7H12N4O4/c1-5-3-11(9-14)6(7(12)15-2)4-10(5)8-13/h5-6H,3-4H2,1-2H3/t5-,6-/m1/s1. The predicted molar refractivity (Wildman–Crippen MR) is 50.3 cm³/mol. The molecule has 0 aromatic rings. The second-order valence-electron chi connectivity index (χ2n) is 3.30. The lowest BCUT2D eigenvalue weighted by Gasteiger charge is -2.37. The summed E-state index contributed by atoms with van der Waals surface area (Å²) >= 11 is 0. The number of rotatable bonds is 3. The normalized spacial score (nSPS) is 26.0. The fourth-order valence-corrected chi connectivity index (χ4v) is 1.48. The van der Waals surface area contributed by atoms with Gasteiger partial charge in [-0.15, -0.1) is 9.81 Å². The molecule has 0 radical (unpaired) electrons. The van der Waals surface area contributed by atoms with Gasteiger partial charge in [-0.05, 0) is 6.92 Å². The van der Waals surface area contributed by atoms with Crippen LogP contribution in [0.25, 0.3) is 0 Å². The first kappa shape index (κ1) is 11.3. The van der Waals surface area contributed by atoms with E-state index in [1.807, 2.05) is 0 Å². The summed E-state index contributed by atoms with van der Waals surface area (Å²) in [4.78, 5) is 32.2. The molecule has 0 unspecified atom stereocenters. The van der Waals surface area contributed by atoms with E-state index in [4.69, 9.17) is 0 Å². The molecule has 0 spiro atoms. The lowest BCUT2D eigenvalue weighted by molar-refractivity contribution is -0.150. The molecule has 2 atom stereocenters. The van der Waals surface area contributed by atoms with Crippen molar-refractivity contribution in [2.75, 3.05) is 20.2 Å². The van der Waals surface area contributed by atoms with Crippen LogP contribution in [0.5, 0.6) is 0 Å². The molecular weight excluding hydrogens is 204 g/mol. The van der Waals surface area contributed by atoms with Crippen molar-refractivity contribution in [3.8, 4) is 0 Å². The zero-order valence-electron chi connectivity index (χ0n) is 8.49. The molecule has 0 aromatic heterocycles. The van der Waals surface area contributed by atoms with Gasteiger partial charge in [0.25, 0.3) is 0 Å². The molecule has 1 heterocycles. The third kappa shape index (κ3) is 2.20. The Bertz CT molecular complexity index is 272. The molecule has 0 bridgehead atoms. The SMILES string of the molecule is COC(=O)[C@H]1CN(N=O)[C@H](C)CN1N=O. The number of nitroso groups, excluding NO2 is 2. The molecule has 8 nitrogen and oxygen atoms in total. The second kappa shape index (κ2) is 4.67. The number of hydrogen-bond donors (Lipinski definition) is 0. The lowest BCUT2D eigenvalue weighted by Crippen LogP contribution is -2.56. The van der Waals surface area contributed by atoms with Gasteiger partial charge in [0.15, 0.2) is 6.04 Å². The molecule has 0 aromatic carbocycles. The van der Waals surface area contributed by atoms with E-state index in [1.54, 1.807) is 6.92 Å². The zero-order valence-corrected chi connectivity index (χ0v) is 8.49. The van der Waals surface area contributed by atoms with Crippen LogP contribution in [0.1, 0.15) is 6.92 Å². The minimum atomic E-state index is -0.860. The number of esters is 1. The number of carbonyl (C=O) groups excluding carboxylic acids is 1. The fourth-order valence-electron chi connectivity index (χ4n) is 1.48. The van der Waals surface area contributed by atoms with Gasteiger partial charge in [0.1, 0.15) is 0 Å². The summed E-state index contributed by atoms with van der Waals surface area (Å²) in [5.41, 5.74) is 0. The molecule has 84 valence electrons. The van der Waals surface area contributed by atoms with Crippen LogP contribution in [0.3, 0.4) is 0 Å². The van der Waals surface area contributed by atoms with Crippen molar-refractivity contribution in [3.63, 3.8) is 0 Å². The predicted octanol–water partition coefficient (Wildman–Crippen LogP) is -0.103. The number of methoxy groups -OCH3 is 1. The third-order valence-corrected chi connectivity index (χ3v) is 2.36. The fraction of sp³-hybridized carbons (Fsp3) is 0.857. The van der Waals surface area contributed by atoms with Gasteiger partial charge in [-0.1, -0.05) is 0 Å². The Balaban J connectivity index is 2.78. The monoisotopic (exact) mass is 216 g/mol. The summed E-state index contributed by atoms with van der Waals surface area (Å²) in [6.07, 6.45) is 0. The summed E-state index contributed by atoms with van der Waals surface area (Å²) < 4.78 is 4.50. The minimum Gasteiger partial charge on any atom is -0.467 e. The van der Waals surface area contributed by atoms with Crippen LogP contribution < -0.4 is 0 Å². The van der Waals surface area contributed by atoms with Gasteiger partial charge in [0, 0.05) is 0 Å². The van der Waals surface area contributed by atoms with Gasteiger partial charge < -0.3 is 4.74 Å². The molecule has 1 saturated heterocycles. The highest BCUT2D eigenvalue weighted by molar-refractivity contribution is 5.76. The van der Waals surface area contributed by atoms with Crippen molar-refractivity contribution < 1.29 is 9.53 Å². The van der Waals surface area contributed by atoms with Gasteiger partial charge in [-0.2, -0.15) is 0 Å². The van der Waals surface area contributed by atoms with Crippen molar-refractivity contribution in [1.29, 1.82) is 0 Å². The Morgan fingerprint density at radius 1 is 1.27 bits per heavy atom. The van der Waals surface area contributed by atoms with E-state index in [2.05, 4.69) is 15.3 Å². The highest BCUT2D eigenvalue weighted by atomic mass is 16.5. The van der Waals surface area contributed by atoms with Crippen LogP contribution in [0, 0.1) is 9.81 Å². The van der Waals surface area contributed by atoms with E-state index in [0.717, 1.165) is 5.01 Å². The van der Waals surface area contributed by atoms with Crippen molar-refractivity contribution in [1.82, 2.24) is 10.0 Å². The van der Waals surface area contributed by atoms with Crippen molar-refractivity contribution >= 4 is 5.97 Å². The summed E-state index contributed by atoms with van der Waals surface area (Å²) in [6.45, 7) is 1.91. The molecule has 1 aliphatic heterocycles. The topological polar surface area (TPSA) is 91.6 Å². The largest absolute Gasteiger partial charge is 0.467 e. The lowest BCUT2D eigenvalue weighted by atomic mass is 10.1. The van der Waals surface area contributed by atoms with Crippen molar-refractivity contribution in [3.05, 3.63) is 9.81 Å². The van der Waals surface area contributed by atoms with E-state index < -0.39 is 12.0 Å². The second-order valence-corrected chi connectivity index (χ2v) is 3.30. The van der Waals surface area contributed by atoms with Gasteiger partial charge in [-0.25, -0.2) is 9.80 Å². The maximum absolute atomic E-state index is 11.3. The summed E-state index contributed by atoms with van der Waals surface area (Å²) in [6, 6.07) is -1.11. The molecule has 8 heteroatoms. The van der Waals surface area contributed by atoms with E-state index in [1.165, 1.54) is 12.1 Å². The smallest absolute Gasteiger partial charge is 0.332 e. The number of carbonyl (C=O) groups is 1. The Labute approximate surface area is 86.0 Å². The number of ether oxygens (including phenoxy) is 1. The minimum absolute atomic E-state index is 0.0169. The first-order valence-corrected chi connectivity index (χ1v) is 4.41. The number of hydrogen-bond acceptors (Lipinski definition) is 6. The Hall–Kier alpha value is -1.73. The van der Waals surface area contributed by atoms with Crippen LogP contribution >= 0.6 is 0 Å². The van der Waals surface area contributed by atoms with Gasteiger partial charge >= 0.3 is 5.97 Å². The molecule has 1 aliphatic rings. The molecule has 0 N–H and O–H groups in total. The average molecular weight is 216 g/mol. The Morgan fingerprint density at radius 3 is 2.33 bits per heavy atom. The van der Waals surface area contributed by atoms with Gasteiger partial charge in [0.05, 0.1) is 36.8 Å². The molecule has 15 heavy (non-hydrogen) atoms. The summed E-state index contributed by atoms with van der Waals surface area (Å²) in [5.74, 6) is -0.602. The van der Waals surface area contributed by atoms with Crippen LogP contribution in [0.4, 0.5) is 0 Å². The summed E-state index contributed by atoms with van der Waals surface area (Å²) in [5, 5.41) is 7.76. The van der Waals surface area contributed by atoms with E-state index in [-0.39, 0.29) is 19.1 Å². The average Bonchev–Trinajstić information content (AvgIpc) is 2.27. The molecule has 0 saturated carbocycles. The van der Waals surface area contributed by atoms with E-state index >= 15 is 0 Å². The maximum atomic E-state index is 11.3. The highest BCUT2D eigenvalue weighted by Crippen LogP contribution is 2.16. The first-order valence-electron chi connectivity index (χ1n) is 4.41. The number of nitrogens with zero attached hydrogens (tertiary/aromatic N) is 4. The Morgan fingerprint density at radius 2 is 1.87 bits per heavy atom. The van der Waals surface area contributed by atoms with Crippen LogP contribution in [0.2, 0.25) is 0 Å². The third-order valence-electron chi connectivity index (χ3n) is 2.36. The first-order chi connectivity index (χ1) is 7.13. The number of piperazine rings is 1. The van der Waals surface area contributed by atoms with Crippen molar-refractivity contribution in [2.45, 2.75) is 19.0 Å².